The molecule has 3 N–H and O–H groups in total. The Hall–Kier alpha value is -0.610. The van der Waals surface area contributed by atoms with Gasteiger partial charge in [-0.2, -0.15) is 0 Å². The molecule has 0 aromatic carbocycles. The Morgan fingerprint density at radius 3 is 2.56 bits per heavy atom. The van der Waals surface area contributed by atoms with Gasteiger partial charge in [-0.1, -0.05) is 13.8 Å². The second-order valence-electron chi connectivity index (χ2n) is 5.40. The Morgan fingerprint density at radius 2 is 2.19 bits per heavy atom. The fourth-order valence-corrected chi connectivity index (χ4v) is 2.27. The lowest BCUT2D eigenvalue weighted by Gasteiger charge is -2.31. The fraction of sp³-hybridized carbons (Fsp3) is 0.917. The summed E-state index contributed by atoms with van der Waals surface area (Å²) in [5, 5.41) is 3.18. The lowest BCUT2D eigenvalue weighted by molar-refractivity contribution is -0.124. The van der Waals surface area contributed by atoms with Crippen LogP contribution in [0.5, 0.6) is 0 Å². The second-order valence-corrected chi connectivity index (χ2v) is 5.40. The van der Waals surface area contributed by atoms with E-state index in [1.165, 1.54) is 6.42 Å². The topological polar surface area (TPSA) is 58.4 Å². The predicted molar refractivity (Wildman–Crippen MR) is 66.0 cm³/mol. The van der Waals surface area contributed by atoms with Crippen LogP contribution >= 0.6 is 0 Å². The van der Waals surface area contributed by atoms with E-state index < -0.39 is 5.54 Å². The molecule has 0 aromatic rings. The maximum Gasteiger partial charge on any atom is 0.238 e. The zero-order valence-corrected chi connectivity index (χ0v) is 10.9. The van der Waals surface area contributed by atoms with Crippen LogP contribution in [0.25, 0.3) is 0 Å². The van der Waals surface area contributed by atoms with Crippen molar-refractivity contribution in [2.45, 2.75) is 32.7 Å². The van der Waals surface area contributed by atoms with Crippen LogP contribution in [0.3, 0.4) is 0 Å². The smallest absolute Gasteiger partial charge is 0.238 e. The van der Waals surface area contributed by atoms with Gasteiger partial charge in [-0.25, -0.2) is 0 Å². The molecule has 0 bridgehead atoms. The average molecular weight is 227 g/mol. The highest BCUT2D eigenvalue weighted by atomic mass is 16.1. The number of hydrogen-bond acceptors (Lipinski definition) is 3. The van der Waals surface area contributed by atoms with Crippen molar-refractivity contribution in [1.29, 1.82) is 0 Å². The average Bonchev–Trinajstić information content (AvgIpc) is 2.80. The zero-order valence-electron chi connectivity index (χ0n) is 10.9. The second kappa shape index (κ2) is 5.15. The lowest BCUT2D eigenvalue weighted by atomic mass is 10.0. The summed E-state index contributed by atoms with van der Waals surface area (Å²) < 4.78 is 0. The van der Waals surface area contributed by atoms with E-state index >= 15 is 0 Å². The Labute approximate surface area is 98.6 Å². The summed E-state index contributed by atoms with van der Waals surface area (Å²) in [6, 6.07) is 0. The first kappa shape index (κ1) is 13.5. The summed E-state index contributed by atoms with van der Waals surface area (Å²) in [6.45, 7) is 8.65. The van der Waals surface area contributed by atoms with E-state index in [4.69, 9.17) is 5.73 Å². The zero-order chi connectivity index (χ0) is 12.3. The van der Waals surface area contributed by atoms with E-state index in [0.29, 0.717) is 6.54 Å². The number of nitrogens with one attached hydrogen (secondary N) is 1. The van der Waals surface area contributed by atoms with Gasteiger partial charge in [0.15, 0.2) is 0 Å². The van der Waals surface area contributed by atoms with Crippen molar-refractivity contribution in [3.05, 3.63) is 0 Å². The van der Waals surface area contributed by atoms with E-state index in [1.54, 1.807) is 0 Å². The molecule has 1 amide bonds. The standard InChI is InChI=1S/C12H25N3O/c1-5-14-12(3,11(13)16)8-15(4)7-10-6-9(10)2/h9-10,14H,5-8H2,1-4H3,(H2,13,16). The van der Waals surface area contributed by atoms with Crippen LogP contribution in [0.4, 0.5) is 0 Å². The molecule has 1 aliphatic carbocycles. The van der Waals surface area contributed by atoms with Gasteiger partial charge in [0.05, 0.1) is 0 Å². The Balaban J connectivity index is 2.44. The first-order chi connectivity index (χ1) is 7.39. The van der Waals surface area contributed by atoms with Gasteiger partial charge in [0, 0.05) is 13.1 Å². The minimum Gasteiger partial charge on any atom is -0.368 e. The summed E-state index contributed by atoms with van der Waals surface area (Å²) in [5.74, 6) is 1.38. The number of nitrogens with zero attached hydrogens (tertiary/aromatic N) is 1. The summed E-state index contributed by atoms with van der Waals surface area (Å²) in [5.41, 5.74) is 4.84. The maximum absolute atomic E-state index is 11.4. The van der Waals surface area contributed by atoms with Gasteiger partial charge < -0.3 is 16.0 Å². The molecule has 16 heavy (non-hydrogen) atoms. The van der Waals surface area contributed by atoms with Crippen LogP contribution in [0, 0.1) is 11.8 Å². The molecule has 1 rings (SSSR count). The molecule has 3 unspecified atom stereocenters. The summed E-state index contributed by atoms with van der Waals surface area (Å²) in [6.07, 6.45) is 1.32. The summed E-state index contributed by atoms with van der Waals surface area (Å²) >= 11 is 0. The molecule has 1 saturated carbocycles. The van der Waals surface area contributed by atoms with Gasteiger partial charge in [0.2, 0.25) is 5.91 Å². The van der Waals surface area contributed by atoms with Crippen molar-refractivity contribution in [3.8, 4) is 0 Å². The summed E-state index contributed by atoms with van der Waals surface area (Å²) in [4.78, 5) is 13.7. The Kier molecular flexibility index (Phi) is 4.33. The van der Waals surface area contributed by atoms with Gasteiger partial charge >= 0.3 is 0 Å². The SMILES string of the molecule is CCNC(C)(CN(C)CC1CC1C)C(N)=O. The van der Waals surface area contributed by atoms with E-state index in [9.17, 15) is 4.79 Å². The number of carbonyl (C=O) groups is 1. The van der Waals surface area contributed by atoms with E-state index in [-0.39, 0.29) is 5.91 Å². The molecule has 4 heteroatoms. The van der Waals surface area contributed by atoms with Crippen molar-refractivity contribution in [2.24, 2.45) is 17.6 Å². The Bertz CT molecular complexity index is 257. The van der Waals surface area contributed by atoms with Crippen LogP contribution in [-0.2, 0) is 4.79 Å². The van der Waals surface area contributed by atoms with Crippen LogP contribution in [0.1, 0.15) is 27.2 Å². The highest BCUT2D eigenvalue weighted by molar-refractivity contribution is 5.84. The third-order valence-electron chi connectivity index (χ3n) is 3.52. The van der Waals surface area contributed by atoms with Gasteiger partial charge in [-0.05, 0) is 38.8 Å². The number of primary amides is 1. The van der Waals surface area contributed by atoms with Crippen molar-refractivity contribution in [1.82, 2.24) is 10.2 Å². The van der Waals surface area contributed by atoms with Crippen molar-refractivity contribution >= 4 is 5.91 Å². The largest absolute Gasteiger partial charge is 0.368 e. The highest BCUT2D eigenvalue weighted by Gasteiger charge is 2.36. The van der Waals surface area contributed by atoms with E-state index in [0.717, 1.165) is 24.9 Å². The minimum atomic E-state index is -0.609. The molecule has 0 heterocycles. The molecule has 3 atom stereocenters. The van der Waals surface area contributed by atoms with Gasteiger partial charge in [-0.15, -0.1) is 0 Å². The number of rotatable bonds is 7. The van der Waals surface area contributed by atoms with Crippen LogP contribution < -0.4 is 11.1 Å². The van der Waals surface area contributed by atoms with E-state index in [2.05, 4.69) is 24.2 Å². The van der Waals surface area contributed by atoms with Crippen molar-refractivity contribution in [3.63, 3.8) is 0 Å². The predicted octanol–water partition coefficient (Wildman–Crippen LogP) is 0.428. The Morgan fingerprint density at radius 1 is 1.62 bits per heavy atom. The van der Waals surface area contributed by atoms with Crippen LogP contribution in [0.2, 0.25) is 0 Å². The number of hydrogen-bond donors (Lipinski definition) is 2. The minimum absolute atomic E-state index is 0.273. The molecule has 0 radical (unpaired) electrons. The molecule has 1 fully saturated rings. The third kappa shape index (κ3) is 3.46. The molecule has 0 aliphatic heterocycles. The molecular weight excluding hydrogens is 202 g/mol. The number of carbonyl (C=O) groups excluding carboxylic acids is 1. The molecule has 0 aromatic heterocycles. The third-order valence-corrected chi connectivity index (χ3v) is 3.52. The van der Waals surface area contributed by atoms with Gasteiger partial charge in [0.25, 0.3) is 0 Å². The first-order valence-electron chi connectivity index (χ1n) is 6.12. The van der Waals surface area contributed by atoms with Crippen LogP contribution in [0.15, 0.2) is 0 Å². The quantitative estimate of drug-likeness (QED) is 0.663. The number of nitrogens with two attached hydrogens (primary N) is 1. The van der Waals surface area contributed by atoms with E-state index in [1.807, 2.05) is 13.8 Å². The maximum atomic E-state index is 11.4. The molecule has 94 valence electrons. The molecular formula is C12H25N3O. The monoisotopic (exact) mass is 227 g/mol. The number of amides is 1. The number of likely N-dealkylation sites (N-methyl/N-ethyl adjacent to an activating group) is 2. The lowest BCUT2D eigenvalue weighted by Crippen LogP contribution is -2.59. The van der Waals surface area contributed by atoms with Gasteiger partial charge in [0.1, 0.15) is 5.54 Å². The molecule has 4 nitrogen and oxygen atoms in total. The fourth-order valence-electron chi connectivity index (χ4n) is 2.27. The van der Waals surface area contributed by atoms with Gasteiger partial charge in [-0.3, -0.25) is 4.79 Å². The first-order valence-corrected chi connectivity index (χ1v) is 6.12. The van der Waals surface area contributed by atoms with Crippen molar-refractivity contribution in [2.75, 3.05) is 26.7 Å². The van der Waals surface area contributed by atoms with Crippen molar-refractivity contribution < 1.29 is 4.79 Å². The normalized spacial score (nSPS) is 27.8. The molecule has 0 saturated heterocycles. The van der Waals surface area contributed by atoms with Crippen LogP contribution in [-0.4, -0.2) is 43.0 Å². The highest BCUT2D eigenvalue weighted by Crippen LogP contribution is 2.38. The summed E-state index contributed by atoms with van der Waals surface area (Å²) in [7, 11) is 2.06. The molecule has 0 spiro atoms. The molecule has 1 aliphatic rings.